The fourth-order valence-corrected chi connectivity index (χ4v) is 4.36. The number of aromatic carboxylic acids is 1. The Bertz CT molecular complexity index is 1210. The van der Waals surface area contributed by atoms with Crippen LogP contribution in [0.15, 0.2) is 60.7 Å². The number of carboxylic acids is 1. The predicted molar refractivity (Wildman–Crippen MR) is 130 cm³/mol. The van der Waals surface area contributed by atoms with E-state index in [1.54, 1.807) is 29.5 Å². The lowest BCUT2D eigenvalue weighted by atomic mass is 10.1. The fraction of sp³-hybridized carbons (Fsp3) is 0.269. The van der Waals surface area contributed by atoms with Crippen molar-refractivity contribution in [3.8, 4) is 11.5 Å². The smallest absolute Gasteiger partial charge is 0.336 e. The topological polar surface area (TPSA) is 62.2 Å². The lowest BCUT2D eigenvalue weighted by Crippen LogP contribution is -2.43. The Hall–Kier alpha value is -3.29. The normalized spacial score (nSPS) is 16.1. The molecule has 1 aliphatic heterocycles. The van der Waals surface area contributed by atoms with Gasteiger partial charge in [-0.1, -0.05) is 24.3 Å². The van der Waals surface area contributed by atoms with Crippen molar-refractivity contribution in [2.45, 2.75) is 26.0 Å². The third-order valence-corrected chi connectivity index (χ3v) is 6.49. The first-order valence-corrected chi connectivity index (χ1v) is 11.2. The van der Waals surface area contributed by atoms with Crippen molar-refractivity contribution >= 4 is 29.1 Å². The van der Waals surface area contributed by atoms with E-state index in [0.29, 0.717) is 24.4 Å². The molecule has 178 valence electrons. The van der Waals surface area contributed by atoms with Crippen molar-refractivity contribution in [1.29, 1.82) is 0 Å². The van der Waals surface area contributed by atoms with Crippen molar-refractivity contribution in [3.05, 3.63) is 83.2 Å². The molecule has 1 heterocycles. The van der Waals surface area contributed by atoms with Gasteiger partial charge >= 0.3 is 5.97 Å². The van der Waals surface area contributed by atoms with Crippen molar-refractivity contribution in [3.63, 3.8) is 0 Å². The van der Waals surface area contributed by atoms with Crippen molar-refractivity contribution < 1.29 is 23.8 Å². The zero-order valence-corrected chi connectivity index (χ0v) is 19.9. The van der Waals surface area contributed by atoms with Crippen molar-refractivity contribution in [2.75, 3.05) is 25.1 Å². The number of aryl methyl sites for hydroxylation is 1. The van der Waals surface area contributed by atoms with E-state index in [0.717, 1.165) is 16.9 Å². The number of anilines is 2. The summed E-state index contributed by atoms with van der Waals surface area (Å²) >= 11 is 6.67. The van der Waals surface area contributed by atoms with Gasteiger partial charge in [0.2, 0.25) is 0 Å². The number of methoxy groups -OCH3 is 1. The second-order valence-electron chi connectivity index (χ2n) is 8.27. The second kappa shape index (κ2) is 9.91. The molecule has 0 aliphatic carbocycles. The van der Waals surface area contributed by atoms with Crippen LogP contribution in [0.4, 0.5) is 15.8 Å². The first kappa shape index (κ1) is 23.9. The third-order valence-electron chi connectivity index (χ3n) is 6.06. The van der Waals surface area contributed by atoms with Gasteiger partial charge in [0.15, 0.2) is 11.6 Å². The van der Waals surface area contributed by atoms with Gasteiger partial charge < -0.3 is 19.5 Å². The summed E-state index contributed by atoms with van der Waals surface area (Å²) in [7, 11) is 1.42. The largest absolute Gasteiger partial charge is 0.494 e. The average molecular weight is 485 g/mol. The number of carbonyl (C=O) groups is 1. The molecule has 4 rings (SSSR count). The molecule has 0 spiro atoms. The highest BCUT2D eigenvalue weighted by molar-refractivity contribution is 6.13. The standard InChI is InChI=1S/C26H26ClFN2O4/c1-16-8-10-19(13-21(16)26(31)32)29-14-20(34-24-7-5-4-6-23(24)29)15-30(27)17(2)18-9-11-22(28)25(12-18)33-3/h4-13,17,20H,14-15H2,1-3H3,(H,31,32)/t17-,20?/m1/s1. The highest BCUT2D eigenvalue weighted by Crippen LogP contribution is 2.39. The van der Waals surface area contributed by atoms with Gasteiger partial charge in [-0.05, 0) is 73.1 Å². The molecule has 0 saturated heterocycles. The van der Waals surface area contributed by atoms with Crippen molar-refractivity contribution in [2.24, 2.45) is 0 Å². The molecule has 1 aliphatic rings. The maximum Gasteiger partial charge on any atom is 0.336 e. The van der Waals surface area contributed by atoms with Gasteiger partial charge in [0.05, 0.1) is 31.5 Å². The first-order chi connectivity index (χ1) is 16.3. The van der Waals surface area contributed by atoms with Crippen LogP contribution in [0.25, 0.3) is 0 Å². The molecular weight excluding hydrogens is 459 g/mol. The van der Waals surface area contributed by atoms with E-state index >= 15 is 0 Å². The minimum Gasteiger partial charge on any atom is -0.494 e. The lowest BCUT2D eigenvalue weighted by Gasteiger charge is -2.38. The van der Waals surface area contributed by atoms with E-state index in [-0.39, 0.29) is 23.5 Å². The molecule has 1 N–H and O–H groups in total. The molecule has 0 saturated carbocycles. The number of halogens is 2. The van der Waals surface area contributed by atoms with E-state index < -0.39 is 11.8 Å². The molecule has 1 unspecified atom stereocenters. The van der Waals surface area contributed by atoms with E-state index in [2.05, 4.69) is 0 Å². The molecule has 0 bridgehead atoms. The van der Waals surface area contributed by atoms with Gasteiger partial charge in [-0.3, -0.25) is 0 Å². The molecular formula is C26H26ClFN2O4. The number of hydrogen-bond donors (Lipinski definition) is 1. The summed E-state index contributed by atoms with van der Waals surface area (Å²) < 4.78 is 26.8. The molecule has 0 radical (unpaired) electrons. The SMILES string of the molecule is COc1cc([C@@H](C)N(Cl)CC2CN(c3ccc(C)c(C(=O)O)c3)c3ccccc3O2)ccc1F. The van der Waals surface area contributed by atoms with E-state index in [1.807, 2.05) is 48.2 Å². The molecule has 3 aromatic rings. The van der Waals surface area contributed by atoms with Crippen LogP contribution < -0.4 is 14.4 Å². The average Bonchev–Trinajstić information content (AvgIpc) is 2.83. The number of ether oxygens (including phenoxy) is 2. The Kier molecular flexibility index (Phi) is 6.95. The maximum atomic E-state index is 13.8. The number of para-hydroxylation sites is 2. The van der Waals surface area contributed by atoms with Crippen LogP contribution in [0, 0.1) is 12.7 Å². The Balaban J connectivity index is 1.58. The van der Waals surface area contributed by atoms with Gasteiger partial charge in [0.25, 0.3) is 0 Å². The van der Waals surface area contributed by atoms with Gasteiger partial charge in [-0.25, -0.2) is 13.6 Å². The van der Waals surface area contributed by atoms with Gasteiger partial charge in [0, 0.05) is 11.7 Å². The van der Waals surface area contributed by atoms with E-state index in [1.165, 1.54) is 13.2 Å². The summed E-state index contributed by atoms with van der Waals surface area (Å²) in [6, 6.07) is 17.5. The first-order valence-electron chi connectivity index (χ1n) is 10.9. The number of benzene rings is 3. The summed E-state index contributed by atoms with van der Waals surface area (Å²) in [6.45, 7) is 4.56. The van der Waals surface area contributed by atoms with Crippen molar-refractivity contribution in [1.82, 2.24) is 4.42 Å². The van der Waals surface area contributed by atoms with Crippen LogP contribution in [0.3, 0.4) is 0 Å². The summed E-state index contributed by atoms with van der Waals surface area (Å²) in [5, 5.41) is 9.58. The maximum absolute atomic E-state index is 13.8. The molecule has 3 aromatic carbocycles. The summed E-state index contributed by atoms with van der Waals surface area (Å²) in [4.78, 5) is 13.7. The highest BCUT2D eigenvalue weighted by Gasteiger charge is 2.30. The third kappa shape index (κ3) is 4.81. The van der Waals surface area contributed by atoms with E-state index in [4.69, 9.17) is 21.3 Å². The molecule has 0 amide bonds. The van der Waals surface area contributed by atoms with Crippen LogP contribution in [0.1, 0.15) is 34.5 Å². The Morgan fingerprint density at radius 3 is 2.76 bits per heavy atom. The zero-order chi connectivity index (χ0) is 24.4. The molecule has 34 heavy (non-hydrogen) atoms. The lowest BCUT2D eigenvalue weighted by molar-refractivity contribution is 0.0696. The van der Waals surface area contributed by atoms with Crippen LogP contribution in [0.5, 0.6) is 11.5 Å². The number of hydrogen-bond acceptors (Lipinski definition) is 5. The number of fused-ring (bicyclic) bond motifs is 1. The quantitative estimate of drug-likeness (QED) is 0.418. The molecule has 0 aromatic heterocycles. The Labute approximate surface area is 203 Å². The number of nitrogens with zero attached hydrogens (tertiary/aromatic N) is 2. The number of carboxylic acid groups (broad SMARTS) is 1. The highest BCUT2D eigenvalue weighted by atomic mass is 35.5. The Morgan fingerprint density at radius 2 is 2.03 bits per heavy atom. The molecule has 6 nitrogen and oxygen atoms in total. The van der Waals surface area contributed by atoms with E-state index in [9.17, 15) is 14.3 Å². The predicted octanol–water partition coefficient (Wildman–Crippen LogP) is 5.96. The van der Waals surface area contributed by atoms with Gasteiger partial charge in [0.1, 0.15) is 11.9 Å². The fourth-order valence-electron chi connectivity index (χ4n) is 4.10. The minimum absolute atomic E-state index is 0.164. The number of rotatable bonds is 7. The van der Waals surface area contributed by atoms with Gasteiger partial charge in [-0.15, -0.1) is 0 Å². The minimum atomic E-state index is -0.965. The summed E-state index contributed by atoms with van der Waals surface area (Å²) in [5.74, 6) is -0.538. The molecule has 8 heteroatoms. The van der Waals surface area contributed by atoms with Gasteiger partial charge in [-0.2, -0.15) is 0 Å². The van der Waals surface area contributed by atoms with Crippen LogP contribution >= 0.6 is 11.8 Å². The Morgan fingerprint density at radius 1 is 1.26 bits per heavy atom. The molecule has 2 atom stereocenters. The van der Waals surface area contributed by atoms with Crippen LogP contribution in [-0.2, 0) is 0 Å². The second-order valence-corrected chi connectivity index (χ2v) is 8.71. The summed E-state index contributed by atoms with van der Waals surface area (Å²) in [5.41, 5.74) is 3.39. The summed E-state index contributed by atoms with van der Waals surface area (Å²) in [6.07, 6.45) is -0.299. The zero-order valence-electron chi connectivity index (χ0n) is 19.2. The molecule has 0 fully saturated rings. The monoisotopic (exact) mass is 484 g/mol. The van der Waals surface area contributed by atoms with Crippen LogP contribution in [-0.4, -0.2) is 41.8 Å². The van der Waals surface area contributed by atoms with Crippen LogP contribution in [0.2, 0.25) is 0 Å².